The molecule has 0 aliphatic heterocycles. The molecule has 37 N–H and O–H groups in total. The van der Waals surface area contributed by atoms with E-state index in [2.05, 4.69) is 0 Å². The van der Waals surface area contributed by atoms with Gasteiger partial charge in [0, 0.05) is 0 Å². The Kier molecular flexibility index (Phi) is 342. The summed E-state index contributed by atoms with van der Waals surface area (Å²) in [5.41, 5.74) is 0. The van der Waals surface area contributed by atoms with Gasteiger partial charge in [-0.05, 0) is 0 Å². The maximum absolute atomic E-state index is 8.74. The molecule has 0 aromatic heterocycles. The van der Waals surface area contributed by atoms with Gasteiger partial charge < -0.3 is 67.7 Å². The van der Waals surface area contributed by atoms with Gasteiger partial charge in [0.25, 0.3) is 0 Å². The van der Waals surface area contributed by atoms with Gasteiger partial charge in [0.05, 0.1) is 0 Å². The lowest BCUT2D eigenvalue weighted by Gasteiger charge is -1.68. The molecule has 0 saturated heterocycles. The van der Waals surface area contributed by atoms with Crippen LogP contribution in [0, 0.1) is 0 Å². The highest BCUT2D eigenvalue weighted by atomic mass is 32.3. The summed E-state index contributed by atoms with van der Waals surface area (Å²) in [7, 11) is -9.33. The largest absolute Gasteiger partial charge is 0.394 e. The summed E-state index contributed by atoms with van der Waals surface area (Å²) in [6.45, 7) is 0. The van der Waals surface area contributed by atoms with Crippen LogP contribution in [0.3, 0.4) is 0 Å². The highest BCUT2D eigenvalue weighted by Crippen LogP contribution is 1.59. The molecule has 0 aromatic carbocycles. The van der Waals surface area contributed by atoms with Crippen molar-refractivity contribution in [2.24, 2.45) is 0 Å². The van der Waals surface area contributed by atoms with Crippen molar-refractivity contribution in [2.75, 3.05) is 0 Å². The first-order valence-corrected chi connectivity index (χ1v) is 4.19. The van der Waals surface area contributed by atoms with E-state index < -0.39 is 20.8 Å². The molecule has 0 atom stereocenters. The summed E-state index contributed by atoms with van der Waals surface area (Å²) in [6.07, 6.45) is 0. The smallest absolute Gasteiger partial charge is 0.344 e. The molecule has 0 spiro atoms. The highest BCUT2D eigenvalue weighted by molar-refractivity contribution is 7.80. The lowest BCUT2D eigenvalue weighted by atomic mass is 14.0. The first-order chi connectivity index (χ1) is 4.00. The van der Waals surface area contributed by atoms with E-state index in [1.807, 2.05) is 0 Å². The zero-order chi connectivity index (χ0) is 9.00. The highest BCUT2D eigenvalue weighted by Gasteiger charge is 1.85. The van der Waals surface area contributed by atoms with E-state index in [1.54, 1.807) is 0 Å². The second-order valence-electron chi connectivity index (χ2n) is 0.896. The van der Waals surface area contributed by atoms with Crippen molar-refractivity contribution < 1.29 is 35.0 Å². The third kappa shape index (κ3) is 11800. The minimum atomic E-state index is -4.67. The Morgan fingerprint density at radius 2 is 0.333 bits per heavy atom. The van der Waals surface area contributed by atoms with Crippen LogP contribution >= 0.6 is 0 Å². The Morgan fingerprint density at radius 3 is 0.333 bits per heavy atom. The quantitative estimate of drug-likeness (QED) is 0.252. The summed E-state index contributed by atoms with van der Waals surface area (Å²) >= 11 is 0. The molecule has 0 radical (unpaired) electrons. The average molecular weight is 383 g/mol. The van der Waals surface area contributed by atoms with Crippen molar-refractivity contribution in [3.63, 3.8) is 0 Å². The molecule has 0 aromatic rings. The zero-order valence-electron chi connectivity index (χ0n) is 12.0. The standard InChI is InChI=1S/11H3N.2H2O4S/c;;;;;;;;;;;2*1-5(2,3)4/h11*1H3;2*(H2,1,2,3,4). The molecule has 0 aliphatic carbocycles. The van der Waals surface area contributed by atoms with Crippen molar-refractivity contribution in [1.29, 1.82) is 0 Å². The molecule has 0 rings (SSSR count). The predicted molar refractivity (Wildman–Crippen MR) is 83.6 cm³/mol. The monoisotopic (exact) mass is 383 g/mol. The fraction of sp³-hybridized carbons (Fsp3) is 0. The van der Waals surface area contributed by atoms with Crippen molar-refractivity contribution in [3.05, 3.63) is 0 Å². The Hall–Kier alpha value is -0.700. The molecule has 21 heavy (non-hydrogen) atoms. The molecule has 0 fully saturated rings. The van der Waals surface area contributed by atoms with Gasteiger partial charge in [0.2, 0.25) is 0 Å². The summed E-state index contributed by atoms with van der Waals surface area (Å²) in [5, 5.41) is 0. The van der Waals surface area contributed by atoms with Crippen LogP contribution in [0.15, 0.2) is 0 Å². The van der Waals surface area contributed by atoms with Crippen molar-refractivity contribution in [3.8, 4) is 0 Å². The Morgan fingerprint density at radius 1 is 0.333 bits per heavy atom. The third-order valence-corrected chi connectivity index (χ3v) is 0. The summed E-state index contributed by atoms with van der Waals surface area (Å²) < 4.78 is 63.2. The van der Waals surface area contributed by atoms with E-state index in [1.165, 1.54) is 0 Å². The predicted octanol–water partition coefficient (Wildman–Crippen LogP) is 0.476. The third-order valence-electron chi connectivity index (χ3n) is 0. The minimum absolute atomic E-state index is 0. The first-order valence-electron chi connectivity index (χ1n) is 1.40. The van der Waals surface area contributed by atoms with Gasteiger partial charge in [0.1, 0.15) is 0 Å². The zero-order valence-corrected chi connectivity index (χ0v) is 13.6. The maximum Gasteiger partial charge on any atom is 0.394 e. The minimum Gasteiger partial charge on any atom is -0.344 e. The van der Waals surface area contributed by atoms with Crippen LogP contribution in [0.5, 0.6) is 0 Å². The Balaban J connectivity index is -0.00000000364. The second kappa shape index (κ2) is 50.6. The van der Waals surface area contributed by atoms with Crippen LogP contribution in [0.4, 0.5) is 0 Å². The van der Waals surface area contributed by atoms with Gasteiger partial charge >= 0.3 is 20.8 Å². The summed E-state index contributed by atoms with van der Waals surface area (Å²) in [4.78, 5) is 0. The first kappa shape index (κ1) is 142. The topological polar surface area (TPSA) is 534 Å². The van der Waals surface area contributed by atoms with Crippen LogP contribution in [-0.4, -0.2) is 35.0 Å². The molecule has 0 bridgehead atoms. The Bertz CT molecular complexity index is 225. The second-order valence-corrected chi connectivity index (χ2v) is 2.69. The van der Waals surface area contributed by atoms with E-state index in [-0.39, 0.29) is 67.7 Å². The SMILES string of the molecule is N.N.N.N.N.N.N.N.N.N.N.O=S(=O)(O)O.O=S(=O)(O)O. The van der Waals surface area contributed by atoms with E-state index in [9.17, 15) is 0 Å². The molecule has 0 unspecified atom stereocenters. The van der Waals surface area contributed by atoms with Crippen LogP contribution in [-0.2, 0) is 20.8 Å². The Labute approximate surface area is 124 Å². The van der Waals surface area contributed by atoms with Crippen LogP contribution in [0.25, 0.3) is 0 Å². The average Bonchev–Trinajstić information content (AvgIpc) is 1.12. The molecule has 0 amide bonds. The van der Waals surface area contributed by atoms with Gasteiger partial charge in [-0.3, -0.25) is 18.2 Å². The fourth-order valence-electron chi connectivity index (χ4n) is 0. The molecule has 152 valence electrons. The molecular formula is H37N11O8S2. The van der Waals surface area contributed by atoms with Crippen molar-refractivity contribution in [1.82, 2.24) is 67.7 Å². The van der Waals surface area contributed by atoms with Crippen molar-refractivity contribution >= 4 is 20.8 Å². The molecule has 0 heterocycles. The fourth-order valence-corrected chi connectivity index (χ4v) is 0. The van der Waals surface area contributed by atoms with Crippen LogP contribution in [0.2, 0.25) is 0 Å². The van der Waals surface area contributed by atoms with E-state index in [0.29, 0.717) is 0 Å². The molecule has 0 aliphatic rings. The van der Waals surface area contributed by atoms with Gasteiger partial charge in [0.15, 0.2) is 0 Å². The number of rotatable bonds is 0. The summed E-state index contributed by atoms with van der Waals surface area (Å²) in [5.74, 6) is 0. The number of hydrogen-bond acceptors (Lipinski definition) is 15. The van der Waals surface area contributed by atoms with Gasteiger partial charge in [-0.25, -0.2) is 0 Å². The molecular weight excluding hydrogens is 346 g/mol. The van der Waals surface area contributed by atoms with Gasteiger partial charge in [-0.15, -0.1) is 0 Å². The lowest BCUT2D eigenvalue weighted by molar-refractivity contribution is 0.378. The molecule has 0 saturated carbocycles. The lowest BCUT2D eigenvalue weighted by Crippen LogP contribution is -1.89. The van der Waals surface area contributed by atoms with Crippen molar-refractivity contribution in [2.45, 2.75) is 0 Å². The molecule has 21 heteroatoms. The van der Waals surface area contributed by atoms with Crippen LogP contribution in [0.1, 0.15) is 0 Å². The summed E-state index contributed by atoms with van der Waals surface area (Å²) in [6, 6.07) is 0. The van der Waals surface area contributed by atoms with E-state index >= 15 is 0 Å². The molecule has 19 nitrogen and oxygen atoms in total. The van der Waals surface area contributed by atoms with Gasteiger partial charge in [-0.1, -0.05) is 0 Å². The number of hydrogen-bond donors (Lipinski definition) is 15. The van der Waals surface area contributed by atoms with E-state index in [0.717, 1.165) is 0 Å². The van der Waals surface area contributed by atoms with E-state index in [4.69, 9.17) is 35.0 Å². The normalized spacial score (nSPS) is 5.52. The van der Waals surface area contributed by atoms with Crippen LogP contribution < -0.4 is 67.7 Å². The van der Waals surface area contributed by atoms with Gasteiger partial charge in [-0.2, -0.15) is 16.8 Å². The maximum atomic E-state index is 8.74.